The fourth-order valence-corrected chi connectivity index (χ4v) is 4.19. The Bertz CT molecular complexity index is 479. The summed E-state index contributed by atoms with van der Waals surface area (Å²) in [4.78, 5) is 0. The van der Waals surface area contributed by atoms with Crippen LogP contribution in [0.15, 0.2) is 36.5 Å². The van der Waals surface area contributed by atoms with Crippen molar-refractivity contribution in [2.24, 2.45) is 23.2 Å². The Kier molecular flexibility index (Phi) is 2.96. The minimum absolute atomic E-state index is 0.579. The Morgan fingerprint density at radius 1 is 1.26 bits per heavy atom. The van der Waals surface area contributed by atoms with Crippen LogP contribution in [0, 0.1) is 30.1 Å². The average Bonchev–Trinajstić information content (AvgIpc) is 2.84. The van der Waals surface area contributed by atoms with E-state index in [4.69, 9.17) is 0 Å². The van der Waals surface area contributed by atoms with Crippen LogP contribution in [0.2, 0.25) is 0 Å². The molecule has 1 aromatic rings. The first-order valence-electron chi connectivity index (χ1n) is 7.49. The summed E-state index contributed by atoms with van der Waals surface area (Å²) in [7, 11) is 0. The molecule has 1 aromatic carbocycles. The molecule has 2 atom stereocenters. The van der Waals surface area contributed by atoms with Crippen molar-refractivity contribution in [2.45, 2.75) is 40.0 Å². The quantitative estimate of drug-likeness (QED) is 0.799. The molecular formula is C18H25N. The molecule has 0 spiro atoms. The molecular weight excluding hydrogens is 230 g/mol. The molecule has 0 radical (unpaired) electrons. The molecule has 3 saturated carbocycles. The van der Waals surface area contributed by atoms with Gasteiger partial charge >= 0.3 is 0 Å². The van der Waals surface area contributed by atoms with Crippen LogP contribution in [0.25, 0.3) is 0 Å². The van der Waals surface area contributed by atoms with Crippen molar-refractivity contribution in [3.05, 3.63) is 42.1 Å². The summed E-state index contributed by atoms with van der Waals surface area (Å²) in [6.07, 6.45) is 4.28. The van der Waals surface area contributed by atoms with Crippen molar-refractivity contribution in [1.82, 2.24) is 0 Å². The Labute approximate surface area is 117 Å². The Balaban J connectivity index is 1.63. The van der Waals surface area contributed by atoms with Crippen molar-refractivity contribution in [3.8, 4) is 0 Å². The molecule has 102 valence electrons. The molecule has 0 saturated heterocycles. The molecule has 1 nitrogen and oxygen atoms in total. The lowest BCUT2D eigenvalue weighted by Crippen LogP contribution is -2.26. The highest BCUT2D eigenvalue weighted by molar-refractivity contribution is 5.49. The maximum absolute atomic E-state index is 4.28. The zero-order valence-electron chi connectivity index (χ0n) is 12.4. The number of hydrogen-bond acceptors (Lipinski definition) is 1. The monoisotopic (exact) mass is 255 g/mol. The van der Waals surface area contributed by atoms with Gasteiger partial charge in [0.2, 0.25) is 0 Å². The van der Waals surface area contributed by atoms with Crippen LogP contribution < -0.4 is 5.32 Å². The van der Waals surface area contributed by atoms with Crippen molar-refractivity contribution in [2.75, 3.05) is 5.32 Å². The van der Waals surface area contributed by atoms with E-state index in [0.717, 1.165) is 11.8 Å². The van der Waals surface area contributed by atoms with E-state index in [2.05, 4.69) is 56.9 Å². The number of benzene rings is 1. The lowest BCUT2D eigenvalue weighted by atomic mass is 9.70. The van der Waals surface area contributed by atoms with Gasteiger partial charge in [0.1, 0.15) is 0 Å². The lowest BCUT2D eigenvalue weighted by Gasteiger charge is -2.35. The van der Waals surface area contributed by atoms with Gasteiger partial charge in [-0.2, -0.15) is 0 Å². The van der Waals surface area contributed by atoms with Gasteiger partial charge in [0.25, 0.3) is 0 Å². The van der Waals surface area contributed by atoms with Crippen LogP contribution >= 0.6 is 0 Å². The van der Waals surface area contributed by atoms with Gasteiger partial charge in [-0.1, -0.05) is 38.1 Å². The molecule has 19 heavy (non-hydrogen) atoms. The van der Waals surface area contributed by atoms with Gasteiger partial charge in [-0.3, -0.25) is 0 Å². The summed E-state index contributed by atoms with van der Waals surface area (Å²) in [5, 5.41) is 3.50. The van der Waals surface area contributed by atoms with Crippen LogP contribution in [-0.4, -0.2) is 0 Å². The first-order chi connectivity index (χ1) is 8.97. The van der Waals surface area contributed by atoms with Gasteiger partial charge in [0.05, 0.1) is 0 Å². The normalized spacial score (nSPS) is 33.6. The standard InChI is InChI=1S/C18H25N/c1-12-5-7-16(8-6-12)19-14(3)13(2)17-11-18(4)9-15(17)10-18/h5-8,13,15,17,19H,3,9-11H2,1-2,4H3/t13?,15?,17-,18?/m1/s1. The summed E-state index contributed by atoms with van der Waals surface area (Å²) in [6.45, 7) is 11.2. The van der Waals surface area contributed by atoms with E-state index < -0.39 is 0 Å². The van der Waals surface area contributed by atoms with E-state index in [9.17, 15) is 0 Å². The maximum atomic E-state index is 4.28. The van der Waals surface area contributed by atoms with Crippen LogP contribution in [-0.2, 0) is 0 Å². The van der Waals surface area contributed by atoms with Gasteiger partial charge in [-0.25, -0.2) is 0 Å². The predicted octanol–water partition coefficient (Wildman–Crippen LogP) is 4.99. The molecule has 2 bridgehead atoms. The van der Waals surface area contributed by atoms with Crippen LogP contribution in [0.3, 0.4) is 0 Å². The summed E-state index contributed by atoms with van der Waals surface area (Å²) >= 11 is 0. The number of fused-ring (bicyclic) bond motifs is 1. The lowest BCUT2D eigenvalue weighted by molar-refractivity contribution is 0.158. The molecule has 0 amide bonds. The van der Waals surface area contributed by atoms with Crippen molar-refractivity contribution < 1.29 is 0 Å². The minimum atomic E-state index is 0.579. The second-order valence-corrected chi connectivity index (χ2v) is 7.15. The fraction of sp³-hybridized carbons (Fsp3) is 0.556. The summed E-state index contributed by atoms with van der Waals surface area (Å²) in [5.41, 5.74) is 4.31. The third kappa shape index (κ3) is 2.31. The third-order valence-electron chi connectivity index (χ3n) is 5.39. The van der Waals surface area contributed by atoms with Gasteiger partial charge in [0, 0.05) is 11.4 Å². The second kappa shape index (κ2) is 4.40. The van der Waals surface area contributed by atoms with Crippen molar-refractivity contribution in [3.63, 3.8) is 0 Å². The highest BCUT2D eigenvalue weighted by Crippen LogP contribution is 2.63. The van der Waals surface area contributed by atoms with E-state index in [0.29, 0.717) is 11.3 Å². The highest BCUT2D eigenvalue weighted by Gasteiger charge is 2.54. The van der Waals surface area contributed by atoms with Gasteiger partial charge in [0.15, 0.2) is 0 Å². The fourth-order valence-electron chi connectivity index (χ4n) is 4.19. The van der Waals surface area contributed by atoms with Crippen LogP contribution in [0.1, 0.15) is 38.7 Å². The molecule has 0 aliphatic heterocycles. The van der Waals surface area contributed by atoms with E-state index in [1.165, 1.54) is 36.2 Å². The predicted molar refractivity (Wildman–Crippen MR) is 82.0 cm³/mol. The van der Waals surface area contributed by atoms with E-state index in [-0.39, 0.29) is 0 Å². The smallest absolute Gasteiger partial charge is 0.0381 e. The molecule has 3 aliphatic rings. The SMILES string of the molecule is C=C(Nc1ccc(C)cc1)C(C)[C@H]1CC2(C)CC1C2. The number of nitrogens with one attached hydrogen (secondary N) is 1. The summed E-state index contributed by atoms with van der Waals surface area (Å²) < 4.78 is 0. The highest BCUT2D eigenvalue weighted by atomic mass is 14.9. The number of aryl methyl sites for hydroxylation is 1. The van der Waals surface area contributed by atoms with E-state index in [1.807, 2.05) is 0 Å². The second-order valence-electron chi connectivity index (χ2n) is 7.15. The van der Waals surface area contributed by atoms with Crippen molar-refractivity contribution >= 4 is 5.69 Å². The molecule has 0 aromatic heterocycles. The first-order valence-corrected chi connectivity index (χ1v) is 7.49. The van der Waals surface area contributed by atoms with Gasteiger partial charge in [-0.05, 0) is 61.5 Å². The maximum Gasteiger partial charge on any atom is 0.0381 e. The molecule has 1 N–H and O–H groups in total. The molecule has 1 heteroatoms. The van der Waals surface area contributed by atoms with Crippen molar-refractivity contribution in [1.29, 1.82) is 0 Å². The van der Waals surface area contributed by atoms with Gasteiger partial charge < -0.3 is 5.32 Å². The molecule has 4 rings (SSSR count). The number of anilines is 1. The number of rotatable bonds is 4. The molecule has 1 unspecified atom stereocenters. The minimum Gasteiger partial charge on any atom is -0.359 e. The topological polar surface area (TPSA) is 12.0 Å². The third-order valence-corrected chi connectivity index (χ3v) is 5.39. The van der Waals surface area contributed by atoms with Gasteiger partial charge in [-0.15, -0.1) is 0 Å². The largest absolute Gasteiger partial charge is 0.359 e. The number of allylic oxidation sites excluding steroid dienone is 1. The zero-order valence-corrected chi connectivity index (χ0v) is 12.4. The number of hydrogen-bond donors (Lipinski definition) is 1. The molecule has 3 aliphatic carbocycles. The van der Waals surface area contributed by atoms with E-state index >= 15 is 0 Å². The zero-order chi connectivity index (χ0) is 13.6. The molecule has 3 fully saturated rings. The average molecular weight is 255 g/mol. The Hall–Kier alpha value is -1.24. The first kappa shape index (κ1) is 12.8. The van der Waals surface area contributed by atoms with Crippen LogP contribution in [0.4, 0.5) is 5.69 Å². The Morgan fingerprint density at radius 3 is 2.42 bits per heavy atom. The summed E-state index contributed by atoms with van der Waals surface area (Å²) in [5.74, 6) is 2.38. The van der Waals surface area contributed by atoms with Crippen LogP contribution in [0.5, 0.6) is 0 Å². The summed E-state index contributed by atoms with van der Waals surface area (Å²) in [6, 6.07) is 8.58. The molecule has 0 heterocycles. The Morgan fingerprint density at radius 2 is 1.89 bits per heavy atom. The van der Waals surface area contributed by atoms with E-state index in [1.54, 1.807) is 0 Å².